The number of nitrogens with zero attached hydrogens (tertiary/aromatic N) is 1. The Labute approximate surface area is 114 Å². The van der Waals surface area contributed by atoms with Gasteiger partial charge in [0.15, 0.2) is 0 Å². The highest BCUT2D eigenvalue weighted by Gasteiger charge is 2.16. The summed E-state index contributed by atoms with van der Waals surface area (Å²) in [7, 11) is 4.17. The Hall–Kier alpha value is -0.220. The van der Waals surface area contributed by atoms with Gasteiger partial charge in [0.1, 0.15) is 0 Å². The molecule has 2 nitrogen and oxygen atoms in total. The summed E-state index contributed by atoms with van der Waals surface area (Å²) >= 11 is 7.91. The van der Waals surface area contributed by atoms with E-state index in [0.29, 0.717) is 5.25 Å². The Morgan fingerprint density at radius 1 is 1.41 bits per heavy atom. The third kappa shape index (κ3) is 5.30. The van der Waals surface area contributed by atoms with Gasteiger partial charge in [-0.25, -0.2) is 0 Å². The van der Waals surface area contributed by atoms with Crippen LogP contribution < -0.4 is 5.73 Å². The van der Waals surface area contributed by atoms with Gasteiger partial charge >= 0.3 is 0 Å². The highest BCUT2D eigenvalue weighted by atomic mass is 35.5. The zero-order valence-electron chi connectivity index (χ0n) is 10.7. The van der Waals surface area contributed by atoms with E-state index in [2.05, 4.69) is 25.1 Å². The van der Waals surface area contributed by atoms with Crippen LogP contribution >= 0.6 is 23.4 Å². The van der Waals surface area contributed by atoms with Crippen molar-refractivity contribution in [2.75, 3.05) is 26.4 Å². The van der Waals surface area contributed by atoms with Crippen molar-refractivity contribution in [1.29, 1.82) is 0 Å². The molecule has 17 heavy (non-hydrogen) atoms. The lowest BCUT2D eigenvalue weighted by molar-refractivity contribution is 0.437. The van der Waals surface area contributed by atoms with E-state index in [-0.39, 0.29) is 6.04 Å². The lowest BCUT2D eigenvalue weighted by Gasteiger charge is -2.22. The molecule has 0 saturated carbocycles. The second-order valence-corrected chi connectivity index (χ2v) is 6.19. The topological polar surface area (TPSA) is 29.3 Å². The van der Waals surface area contributed by atoms with Crippen LogP contribution in [0.5, 0.6) is 0 Å². The van der Waals surface area contributed by atoms with E-state index >= 15 is 0 Å². The van der Waals surface area contributed by atoms with Crippen molar-refractivity contribution in [1.82, 2.24) is 4.90 Å². The summed E-state index contributed by atoms with van der Waals surface area (Å²) < 4.78 is 0. The van der Waals surface area contributed by atoms with Crippen LogP contribution in [-0.4, -0.2) is 37.3 Å². The molecule has 0 radical (unpaired) electrons. The standard InChI is InChI=1S/C13H21ClN2S/c1-10(15)13(17-8-7-16(2)3)11-5-4-6-12(14)9-11/h4-6,9-10,13H,7-8,15H2,1-3H3. The normalized spacial score (nSPS) is 14.9. The molecule has 0 aromatic heterocycles. The number of halogens is 1. The second-order valence-electron chi connectivity index (χ2n) is 4.51. The first-order valence-corrected chi connectivity index (χ1v) is 7.20. The summed E-state index contributed by atoms with van der Waals surface area (Å²) in [4.78, 5) is 2.18. The van der Waals surface area contributed by atoms with Gasteiger partial charge in [0, 0.05) is 28.6 Å². The Morgan fingerprint density at radius 2 is 2.12 bits per heavy atom. The molecule has 96 valence electrons. The molecule has 0 spiro atoms. The fourth-order valence-corrected chi connectivity index (χ4v) is 3.16. The Bertz CT molecular complexity index is 342. The summed E-state index contributed by atoms with van der Waals surface area (Å²) in [6, 6.07) is 8.12. The molecule has 2 N–H and O–H groups in total. The molecular weight excluding hydrogens is 252 g/mol. The van der Waals surface area contributed by atoms with Crippen molar-refractivity contribution in [2.24, 2.45) is 5.73 Å². The van der Waals surface area contributed by atoms with Crippen molar-refractivity contribution < 1.29 is 0 Å². The van der Waals surface area contributed by atoms with Crippen LogP contribution in [-0.2, 0) is 0 Å². The molecule has 0 fully saturated rings. The van der Waals surface area contributed by atoms with E-state index in [0.717, 1.165) is 17.3 Å². The molecule has 0 heterocycles. The molecule has 0 aliphatic rings. The second kappa shape index (κ2) is 7.27. The molecule has 1 aromatic rings. The van der Waals surface area contributed by atoms with Crippen LogP contribution in [0, 0.1) is 0 Å². The molecule has 2 unspecified atom stereocenters. The van der Waals surface area contributed by atoms with Gasteiger partial charge < -0.3 is 10.6 Å². The number of rotatable bonds is 6. The molecule has 0 amide bonds. The maximum atomic E-state index is 6.06. The van der Waals surface area contributed by atoms with E-state index in [1.807, 2.05) is 36.9 Å². The molecule has 2 atom stereocenters. The van der Waals surface area contributed by atoms with Crippen molar-refractivity contribution in [3.8, 4) is 0 Å². The van der Waals surface area contributed by atoms with Gasteiger partial charge in [0.2, 0.25) is 0 Å². The average Bonchev–Trinajstić information content (AvgIpc) is 2.23. The van der Waals surface area contributed by atoms with Crippen LogP contribution in [0.1, 0.15) is 17.7 Å². The third-order valence-electron chi connectivity index (χ3n) is 2.49. The average molecular weight is 273 g/mol. The maximum Gasteiger partial charge on any atom is 0.0446 e. The highest BCUT2D eigenvalue weighted by Crippen LogP contribution is 2.32. The lowest BCUT2D eigenvalue weighted by Crippen LogP contribution is -2.24. The lowest BCUT2D eigenvalue weighted by atomic mass is 10.1. The van der Waals surface area contributed by atoms with Gasteiger partial charge in [0.05, 0.1) is 0 Å². The number of hydrogen-bond acceptors (Lipinski definition) is 3. The predicted octanol–water partition coefficient (Wildman–Crippen LogP) is 3.02. The van der Waals surface area contributed by atoms with Gasteiger partial charge in [-0.3, -0.25) is 0 Å². The first-order valence-electron chi connectivity index (χ1n) is 5.78. The Morgan fingerprint density at radius 3 is 2.65 bits per heavy atom. The molecule has 0 bridgehead atoms. The number of nitrogens with two attached hydrogens (primary N) is 1. The Balaban J connectivity index is 2.66. The summed E-state index contributed by atoms with van der Waals surface area (Å²) in [6.07, 6.45) is 0. The Kier molecular flexibility index (Phi) is 6.34. The highest BCUT2D eigenvalue weighted by molar-refractivity contribution is 7.99. The predicted molar refractivity (Wildman–Crippen MR) is 78.9 cm³/mol. The van der Waals surface area contributed by atoms with Crippen LogP contribution in [0.2, 0.25) is 5.02 Å². The molecule has 1 rings (SSSR count). The fourth-order valence-electron chi connectivity index (χ4n) is 1.60. The summed E-state index contributed by atoms with van der Waals surface area (Å²) in [6.45, 7) is 3.11. The zero-order chi connectivity index (χ0) is 12.8. The minimum Gasteiger partial charge on any atom is -0.327 e. The van der Waals surface area contributed by atoms with Crippen molar-refractivity contribution >= 4 is 23.4 Å². The largest absolute Gasteiger partial charge is 0.327 e. The van der Waals surface area contributed by atoms with Gasteiger partial charge in [-0.05, 0) is 38.7 Å². The zero-order valence-corrected chi connectivity index (χ0v) is 12.3. The third-order valence-corrected chi connectivity index (χ3v) is 4.20. The van der Waals surface area contributed by atoms with Crippen LogP contribution in [0.3, 0.4) is 0 Å². The van der Waals surface area contributed by atoms with Crippen molar-refractivity contribution in [2.45, 2.75) is 18.2 Å². The van der Waals surface area contributed by atoms with E-state index in [9.17, 15) is 0 Å². The molecule has 1 aromatic carbocycles. The first kappa shape index (κ1) is 14.8. The van der Waals surface area contributed by atoms with Gasteiger partial charge in [0.25, 0.3) is 0 Å². The first-order chi connectivity index (χ1) is 8.00. The summed E-state index contributed by atoms with van der Waals surface area (Å²) in [5.41, 5.74) is 7.28. The van der Waals surface area contributed by atoms with E-state index in [4.69, 9.17) is 17.3 Å². The van der Waals surface area contributed by atoms with Crippen LogP contribution in [0.15, 0.2) is 24.3 Å². The molecular formula is C13H21ClN2S. The van der Waals surface area contributed by atoms with Crippen molar-refractivity contribution in [3.05, 3.63) is 34.9 Å². The summed E-state index contributed by atoms with van der Waals surface area (Å²) in [5.74, 6) is 1.08. The number of thioether (sulfide) groups is 1. The maximum absolute atomic E-state index is 6.06. The molecule has 4 heteroatoms. The molecule has 0 aliphatic heterocycles. The van der Waals surface area contributed by atoms with Gasteiger partial charge in [-0.1, -0.05) is 23.7 Å². The van der Waals surface area contributed by atoms with E-state index in [1.165, 1.54) is 5.56 Å². The number of benzene rings is 1. The van der Waals surface area contributed by atoms with Crippen molar-refractivity contribution in [3.63, 3.8) is 0 Å². The monoisotopic (exact) mass is 272 g/mol. The SMILES string of the molecule is CC(N)C(SCCN(C)C)c1cccc(Cl)c1. The quantitative estimate of drug-likeness (QED) is 0.863. The van der Waals surface area contributed by atoms with Crippen LogP contribution in [0.25, 0.3) is 0 Å². The van der Waals surface area contributed by atoms with E-state index < -0.39 is 0 Å². The van der Waals surface area contributed by atoms with Crippen LogP contribution in [0.4, 0.5) is 0 Å². The molecule has 0 saturated heterocycles. The van der Waals surface area contributed by atoms with E-state index in [1.54, 1.807) is 0 Å². The smallest absolute Gasteiger partial charge is 0.0446 e. The fraction of sp³-hybridized carbons (Fsp3) is 0.538. The van der Waals surface area contributed by atoms with Gasteiger partial charge in [-0.15, -0.1) is 0 Å². The molecule has 0 aliphatic carbocycles. The van der Waals surface area contributed by atoms with Gasteiger partial charge in [-0.2, -0.15) is 11.8 Å². The minimum absolute atomic E-state index is 0.126. The number of hydrogen-bond donors (Lipinski definition) is 1. The summed E-state index contributed by atoms with van der Waals surface area (Å²) in [5, 5.41) is 1.09. The minimum atomic E-state index is 0.126.